The normalized spacial score (nSPS) is 14.6. The van der Waals surface area contributed by atoms with Crippen LogP contribution in [0.5, 0.6) is 0 Å². The van der Waals surface area contributed by atoms with E-state index in [1.54, 1.807) is 18.2 Å². The van der Waals surface area contributed by atoms with Crippen LogP contribution in [0.25, 0.3) is 0 Å². The molecule has 1 saturated carbocycles. The summed E-state index contributed by atoms with van der Waals surface area (Å²) in [7, 11) is 4.02. The first-order chi connectivity index (χ1) is 13.5. The third-order valence-corrected chi connectivity index (χ3v) is 5.19. The van der Waals surface area contributed by atoms with E-state index in [2.05, 4.69) is 46.7 Å². The second kappa shape index (κ2) is 9.02. The second-order valence-corrected chi connectivity index (χ2v) is 7.63. The van der Waals surface area contributed by atoms with Crippen LogP contribution in [0.4, 0.5) is 5.69 Å². The van der Waals surface area contributed by atoms with Crippen LogP contribution >= 0.6 is 0 Å². The molecule has 3 rings (SSSR count). The molecule has 1 aliphatic carbocycles. The number of carbonyl (C=O) groups excluding carboxylic acids is 2. The number of likely N-dealkylation sites (N-methyl/N-ethyl adjacent to an activating group) is 1. The number of aryl methyl sites for hydroxylation is 1. The molecule has 0 aliphatic heterocycles. The minimum Gasteiger partial charge on any atom is -0.350 e. The number of nitrogens with zero attached hydrogens (tertiary/aromatic N) is 1. The van der Waals surface area contributed by atoms with Gasteiger partial charge in [-0.3, -0.25) is 9.59 Å². The highest BCUT2D eigenvalue weighted by Gasteiger charge is 2.29. The molecule has 2 N–H and O–H groups in total. The molecular formula is C23H29N3O2. The van der Waals surface area contributed by atoms with E-state index in [1.165, 1.54) is 11.1 Å². The van der Waals surface area contributed by atoms with Crippen molar-refractivity contribution in [3.8, 4) is 0 Å². The molecule has 0 spiro atoms. The largest absolute Gasteiger partial charge is 0.350 e. The van der Waals surface area contributed by atoms with Gasteiger partial charge in [-0.25, -0.2) is 0 Å². The summed E-state index contributed by atoms with van der Waals surface area (Å²) >= 11 is 0. The first-order valence-electron chi connectivity index (χ1n) is 9.92. The third-order valence-electron chi connectivity index (χ3n) is 5.19. The van der Waals surface area contributed by atoms with Gasteiger partial charge in [0.15, 0.2) is 0 Å². The average molecular weight is 380 g/mol. The molecule has 0 heterocycles. The Kier molecular flexibility index (Phi) is 6.47. The number of hydrogen-bond acceptors (Lipinski definition) is 3. The Labute approximate surface area is 167 Å². The van der Waals surface area contributed by atoms with Crippen LogP contribution in [0.3, 0.4) is 0 Å². The van der Waals surface area contributed by atoms with E-state index in [4.69, 9.17) is 0 Å². The summed E-state index contributed by atoms with van der Waals surface area (Å²) in [5, 5.41) is 5.92. The van der Waals surface area contributed by atoms with Crippen molar-refractivity contribution in [2.24, 2.45) is 5.92 Å². The van der Waals surface area contributed by atoms with E-state index < -0.39 is 0 Å². The maximum Gasteiger partial charge on any atom is 0.251 e. The van der Waals surface area contributed by atoms with Crippen LogP contribution in [0, 0.1) is 5.92 Å². The van der Waals surface area contributed by atoms with Crippen LogP contribution < -0.4 is 10.6 Å². The van der Waals surface area contributed by atoms with Gasteiger partial charge in [-0.1, -0.05) is 37.3 Å². The molecule has 0 saturated heterocycles. The van der Waals surface area contributed by atoms with Gasteiger partial charge in [0.2, 0.25) is 5.91 Å². The second-order valence-electron chi connectivity index (χ2n) is 7.63. The van der Waals surface area contributed by atoms with Crippen LogP contribution in [-0.2, 0) is 11.2 Å². The maximum absolute atomic E-state index is 12.6. The van der Waals surface area contributed by atoms with Crippen molar-refractivity contribution < 1.29 is 9.59 Å². The molecule has 2 aromatic rings. The zero-order valence-corrected chi connectivity index (χ0v) is 16.9. The molecule has 0 aromatic heterocycles. The summed E-state index contributed by atoms with van der Waals surface area (Å²) in [6.45, 7) is 2.65. The Hall–Kier alpha value is -2.66. The lowest BCUT2D eigenvalue weighted by Gasteiger charge is -2.25. The molecule has 1 fully saturated rings. The minimum atomic E-state index is -0.139. The Balaban J connectivity index is 1.63. The Morgan fingerprint density at radius 2 is 1.82 bits per heavy atom. The van der Waals surface area contributed by atoms with E-state index >= 15 is 0 Å². The number of benzene rings is 2. The topological polar surface area (TPSA) is 61.4 Å². The number of nitrogens with one attached hydrogen (secondary N) is 2. The number of rotatable bonds is 8. The molecule has 5 heteroatoms. The van der Waals surface area contributed by atoms with Gasteiger partial charge in [0, 0.05) is 23.7 Å². The van der Waals surface area contributed by atoms with Gasteiger partial charge in [-0.05, 0) is 62.7 Å². The van der Waals surface area contributed by atoms with E-state index in [9.17, 15) is 9.59 Å². The highest BCUT2D eigenvalue weighted by atomic mass is 16.2. The zero-order valence-electron chi connectivity index (χ0n) is 16.9. The zero-order chi connectivity index (χ0) is 20.1. The van der Waals surface area contributed by atoms with Gasteiger partial charge in [-0.2, -0.15) is 0 Å². The molecule has 5 nitrogen and oxygen atoms in total. The van der Waals surface area contributed by atoms with E-state index in [0.717, 1.165) is 19.3 Å². The maximum atomic E-state index is 12.6. The van der Waals surface area contributed by atoms with Gasteiger partial charge < -0.3 is 15.5 Å². The third kappa shape index (κ3) is 5.20. The molecule has 0 radical (unpaired) electrons. The van der Waals surface area contributed by atoms with Crippen molar-refractivity contribution in [1.82, 2.24) is 10.2 Å². The predicted molar refractivity (Wildman–Crippen MR) is 112 cm³/mol. The highest BCUT2D eigenvalue weighted by Crippen LogP contribution is 2.30. The first-order valence-corrected chi connectivity index (χ1v) is 9.92. The van der Waals surface area contributed by atoms with Gasteiger partial charge >= 0.3 is 0 Å². The Morgan fingerprint density at radius 3 is 2.43 bits per heavy atom. The fourth-order valence-corrected chi connectivity index (χ4v) is 3.19. The Bertz CT molecular complexity index is 826. The lowest BCUT2D eigenvalue weighted by molar-refractivity contribution is -0.117. The quantitative estimate of drug-likeness (QED) is 0.736. The van der Waals surface area contributed by atoms with Gasteiger partial charge in [0.1, 0.15) is 0 Å². The molecule has 28 heavy (non-hydrogen) atoms. The van der Waals surface area contributed by atoms with Crippen LogP contribution in [0.1, 0.15) is 47.3 Å². The SMILES string of the molecule is CCc1ccc(C(CNC(=O)c2cccc(NC(=O)C3CC3)c2)N(C)C)cc1. The number of hydrogen-bond donors (Lipinski definition) is 2. The predicted octanol–water partition coefficient (Wildman–Crippen LogP) is 3.63. The highest BCUT2D eigenvalue weighted by molar-refractivity contribution is 5.98. The fraction of sp³-hybridized carbons (Fsp3) is 0.391. The summed E-state index contributed by atoms with van der Waals surface area (Å²) in [6.07, 6.45) is 2.92. The van der Waals surface area contributed by atoms with Crippen molar-refractivity contribution in [3.05, 3.63) is 65.2 Å². The smallest absolute Gasteiger partial charge is 0.251 e. The molecular weight excluding hydrogens is 350 g/mol. The van der Waals surface area contributed by atoms with Crippen LogP contribution in [0.15, 0.2) is 48.5 Å². The molecule has 2 aromatic carbocycles. The summed E-state index contributed by atoms with van der Waals surface area (Å²) in [5.74, 6) is 0.0396. The van der Waals surface area contributed by atoms with Crippen LogP contribution in [0.2, 0.25) is 0 Å². The summed E-state index contributed by atoms with van der Waals surface area (Å²) in [6, 6.07) is 15.7. The van der Waals surface area contributed by atoms with Gasteiger partial charge in [-0.15, -0.1) is 0 Å². The van der Waals surface area contributed by atoms with Crippen molar-refractivity contribution in [1.29, 1.82) is 0 Å². The summed E-state index contributed by atoms with van der Waals surface area (Å²) < 4.78 is 0. The fourth-order valence-electron chi connectivity index (χ4n) is 3.19. The average Bonchev–Trinajstić information content (AvgIpc) is 3.54. The summed E-state index contributed by atoms with van der Waals surface area (Å²) in [4.78, 5) is 26.7. The van der Waals surface area contributed by atoms with Gasteiger partial charge in [0.05, 0.1) is 6.04 Å². The monoisotopic (exact) mass is 379 g/mol. The van der Waals surface area contributed by atoms with Gasteiger partial charge in [0.25, 0.3) is 5.91 Å². The first kappa shape index (κ1) is 20.1. The van der Waals surface area contributed by atoms with E-state index in [0.29, 0.717) is 17.8 Å². The Morgan fingerprint density at radius 1 is 1.11 bits per heavy atom. The molecule has 1 atom stereocenters. The standard InChI is InChI=1S/C23H29N3O2/c1-4-16-8-10-17(11-9-16)21(26(2)3)15-24-22(27)19-6-5-7-20(14-19)25-23(28)18-12-13-18/h5-11,14,18,21H,4,12-13,15H2,1-3H3,(H,24,27)(H,25,28). The lowest BCUT2D eigenvalue weighted by Crippen LogP contribution is -2.34. The molecule has 1 unspecified atom stereocenters. The number of carbonyl (C=O) groups is 2. The molecule has 0 bridgehead atoms. The van der Waals surface area contributed by atoms with E-state index in [-0.39, 0.29) is 23.8 Å². The molecule has 1 aliphatic rings. The molecule has 148 valence electrons. The minimum absolute atomic E-state index is 0.0424. The van der Waals surface area contributed by atoms with Crippen LogP contribution in [-0.4, -0.2) is 37.4 Å². The number of amides is 2. The molecule has 2 amide bonds. The van der Waals surface area contributed by atoms with Crippen molar-refractivity contribution >= 4 is 17.5 Å². The van der Waals surface area contributed by atoms with Crippen molar-refractivity contribution in [3.63, 3.8) is 0 Å². The van der Waals surface area contributed by atoms with Crippen molar-refractivity contribution in [2.75, 3.05) is 26.0 Å². The number of anilines is 1. The summed E-state index contributed by atoms with van der Waals surface area (Å²) in [5.41, 5.74) is 3.69. The lowest BCUT2D eigenvalue weighted by atomic mass is 10.0. The van der Waals surface area contributed by atoms with Crippen molar-refractivity contribution in [2.45, 2.75) is 32.2 Å². The van der Waals surface area contributed by atoms with E-state index in [1.807, 2.05) is 20.2 Å².